The summed E-state index contributed by atoms with van der Waals surface area (Å²) in [6.45, 7) is 6.36. The molecule has 0 aliphatic carbocycles. The zero-order valence-electron chi connectivity index (χ0n) is 8.49. The number of hydrogen-bond donors (Lipinski definition) is 2. The van der Waals surface area contributed by atoms with Crippen LogP contribution < -0.4 is 10.7 Å². The Bertz CT molecular complexity index is 355. The first-order valence-corrected chi connectivity index (χ1v) is 5.77. The molecule has 0 aromatic carbocycles. The Kier molecular flexibility index (Phi) is 5.00. The molecule has 1 heterocycles. The first-order valence-electron chi connectivity index (χ1n) is 4.42. The zero-order valence-corrected chi connectivity index (χ0v) is 10.1. The van der Waals surface area contributed by atoms with Gasteiger partial charge in [-0.1, -0.05) is 12.2 Å². The van der Waals surface area contributed by atoms with Crippen molar-refractivity contribution in [2.24, 2.45) is 5.10 Å². The predicted octanol–water partition coefficient (Wildman–Crippen LogP) is 2.12. The second-order valence-corrected chi connectivity index (χ2v) is 4.25. The van der Waals surface area contributed by atoms with Gasteiger partial charge in [-0.05, 0) is 36.0 Å². The maximum Gasteiger partial charge on any atom is 0.187 e. The highest BCUT2D eigenvalue weighted by Gasteiger charge is 1.91. The third-order valence-corrected chi connectivity index (χ3v) is 2.41. The molecule has 0 saturated carbocycles. The standard InChI is InChI=1S/C10H13N3S2/c1-8(2)5-11-10(14)13-12-6-9-3-4-15-7-9/h3-4,6-7H,1,5H2,2H3,(H2,11,13,14)/b12-6-. The summed E-state index contributed by atoms with van der Waals surface area (Å²) in [5.41, 5.74) is 4.82. The van der Waals surface area contributed by atoms with Crippen LogP contribution in [0.4, 0.5) is 0 Å². The summed E-state index contributed by atoms with van der Waals surface area (Å²) < 4.78 is 0. The van der Waals surface area contributed by atoms with Crippen molar-refractivity contribution in [3.8, 4) is 0 Å². The average molecular weight is 239 g/mol. The van der Waals surface area contributed by atoms with Crippen molar-refractivity contribution in [2.75, 3.05) is 6.54 Å². The Labute approximate surface area is 98.9 Å². The van der Waals surface area contributed by atoms with Crippen molar-refractivity contribution in [1.82, 2.24) is 10.7 Å². The lowest BCUT2D eigenvalue weighted by Gasteiger charge is -2.05. The number of rotatable bonds is 4. The highest BCUT2D eigenvalue weighted by atomic mass is 32.1. The van der Waals surface area contributed by atoms with E-state index >= 15 is 0 Å². The van der Waals surface area contributed by atoms with Gasteiger partial charge in [-0.15, -0.1) is 0 Å². The summed E-state index contributed by atoms with van der Waals surface area (Å²) in [5, 5.41) is 11.5. The van der Waals surface area contributed by atoms with Gasteiger partial charge in [-0.2, -0.15) is 16.4 Å². The number of thiocarbonyl (C=S) groups is 1. The minimum atomic E-state index is 0.504. The van der Waals surface area contributed by atoms with Crippen LogP contribution in [-0.2, 0) is 0 Å². The second kappa shape index (κ2) is 6.31. The molecular formula is C10H13N3S2. The van der Waals surface area contributed by atoms with Gasteiger partial charge < -0.3 is 5.32 Å². The van der Waals surface area contributed by atoms with Crippen LogP contribution in [0.5, 0.6) is 0 Å². The lowest BCUT2D eigenvalue weighted by atomic mass is 10.4. The molecule has 0 aliphatic rings. The predicted molar refractivity (Wildman–Crippen MR) is 70.5 cm³/mol. The third-order valence-electron chi connectivity index (χ3n) is 1.47. The van der Waals surface area contributed by atoms with Gasteiger partial charge in [0.25, 0.3) is 0 Å². The van der Waals surface area contributed by atoms with E-state index in [0.717, 1.165) is 11.1 Å². The van der Waals surface area contributed by atoms with Gasteiger partial charge in [0.15, 0.2) is 5.11 Å². The van der Waals surface area contributed by atoms with Crippen molar-refractivity contribution < 1.29 is 0 Å². The molecule has 0 bridgehead atoms. The van der Waals surface area contributed by atoms with Crippen LogP contribution in [-0.4, -0.2) is 17.9 Å². The van der Waals surface area contributed by atoms with Crippen molar-refractivity contribution in [2.45, 2.75) is 6.92 Å². The van der Waals surface area contributed by atoms with Crippen LogP contribution in [0.15, 0.2) is 34.1 Å². The quantitative estimate of drug-likeness (QED) is 0.366. The van der Waals surface area contributed by atoms with E-state index in [0.29, 0.717) is 11.7 Å². The van der Waals surface area contributed by atoms with Crippen LogP contribution >= 0.6 is 23.6 Å². The van der Waals surface area contributed by atoms with E-state index in [-0.39, 0.29) is 0 Å². The van der Waals surface area contributed by atoms with Crippen molar-refractivity contribution >= 4 is 34.9 Å². The largest absolute Gasteiger partial charge is 0.358 e. The summed E-state index contributed by atoms with van der Waals surface area (Å²) in [7, 11) is 0. The minimum absolute atomic E-state index is 0.504. The maximum atomic E-state index is 4.99. The van der Waals surface area contributed by atoms with Gasteiger partial charge in [0, 0.05) is 12.1 Å². The molecule has 1 aromatic heterocycles. The first kappa shape index (κ1) is 11.9. The zero-order chi connectivity index (χ0) is 11.1. The molecule has 1 aromatic rings. The summed E-state index contributed by atoms with van der Waals surface area (Å²) in [4.78, 5) is 0. The molecule has 2 N–H and O–H groups in total. The maximum absolute atomic E-state index is 4.99. The Balaban J connectivity index is 2.25. The van der Waals surface area contributed by atoms with E-state index in [1.54, 1.807) is 17.6 Å². The summed E-state index contributed by atoms with van der Waals surface area (Å²) >= 11 is 6.63. The van der Waals surface area contributed by atoms with Gasteiger partial charge in [0.1, 0.15) is 0 Å². The molecule has 15 heavy (non-hydrogen) atoms. The van der Waals surface area contributed by atoms with E-state index in [2.05, 4.69) is 22.4 Å². The molecule has 0 saturated heterocycles. The molecule has 80 valence electrons. The summed E-state index contributed by atoms with van der Waals surface area (Å²) in [5.74, 6) is 0. The molecule has 1 rings (SSSR count). The molecule has 0 radical (unpaired) electrons. The Morgan fingerprint density at radius 3 is 3.13 bits per heavy atom. The fourth-order valence-corrected chi connectivity index (χ4v) is 1.52. The average Bonchev–Trinajstić information content (AvgIpc) is 2.67. The van der Waals surface area contributed by atoms with E-state index in [9.17, 15) is 0 Å². The van der Waals surface area contributed by atoms with Crippen molar-refractivity contribution in [1.29, 1.82) is 0 Å². The lowest BCUT2D eigenvalue weighted by Crippen LogP contribution is -2.32. The fourth-order valence-electron chi connectivity index (χ4n) is 0.785. The Hall–Kier alpha value is -1.20. The van der Waals surface area contributed by atoms with Crippen molar-refractivity contribution in [3.63, 3.8) is 0 Å². The van der Waals surface area contributed by atoms with E-state index < -0.39 is 0 Å². The number of hydrogen-bond acceptors (Lipinski definition) is 3. The third kappa shape index (κ3) is 5.29. The number of hydrazone groups is 1. The second-order valence-electron chi connectivity index (χ2n) is 3.07. The lowest BCUT2D eigenvalue weighted by molar-refractivity contribution is 0.917. The van der Waals surface area contributed by atoms with Crippen LogP contribution in [0, 0.1) is 0 Å². The first-order chi connectivity index (χ1) is 7.18. The van der Waals surface area contributed by atoms with Crippen LogP contribution in [0.3, 0.4) is 0 Å². The summed E-state index contributed by atoms with van der Waals surface area (Å²) in [6.07, 6.45) is 1.73. The van der Waals surface area contributed by atoms with E-state index in [1.165, 1.54) is 0 Å². The monoisotopic (exact) mass is 239 g/mol. The number of nitrogens with zero attached hydrogens (tertiary/aromatic N) is 1. The van der Waals surface area contributed by atoms with Gasteiger partial charge >= 0.3 is 0 Å². The molecular weight excluding hydrogens is 226 g/mol. The SMILES string of the molecule is C=C(C)CNC(=S)N/N=C\c1ccsc1. The van der Waals surface area contributed by atoms with E-state index in [1.807, 2.05) is 23.8 Å². The van der Waals surface area contributed by atoms with Crippen LogP contribution in [0.25, 0.3) is 0 Å². The van der Waals surface area contributed by atoms with Gasteiger partial charge in [0.05, 0.1) is 6.21 Å². The Morgan fingerprint density at radius 1 is 1.73 bits per heavy atom. The Morgan fingerprint density at radius 2 is 2.53 bits per heavy atom. The number of nitrogens with one attached hydrogen (secondary N) is 2. The molecule has 0 amide bonds. The molecule has 0 atom stereocenters. The van der Waals surface area contributed by atoms with Crippen LogP contribution in [0.2, 0.25) is 0 Å². The topological polar surface area (TPSA) is 36.4 Å². The molecule has 3 nitrogen and oxygen atoms in total. The smallest absolute Gasteiger partial charge is 0.187 e. The van der Waals surface area contributed by atoms with Crippen LogP contribution in [0.1, 0.15) is 12.5 Å². The molecule has 0 unspecified atom stereocenters. The normalized spacial score (nSPS) is 10.2. The van der Waals surface area contributed by atoms with E-state index in [4.69, 9.17) is 12.2 Å². The molecule has 5 heteroatoms. The minimum Gasteiger partial charge on any atom is -0.358 e. The van der Waals surface area contributed by atoms with Crippen molar-refractivity contribution in [3.05, 3.63) is 34.5 Å². The highest BCUT2D eigenvalue weighted by Crippen LogP contribution is 2.01. The van der Waals surface area contributed by atoms with Gasteiger partial charge in [-0.25, -0.2) is 0 Å². The molecule has 0 spiro atoms. The van der Waals surface area contributed by atoms with Gasteiger partial charge in [0.2, 0.25) is 0 Å². The highest BCUT2D eigenvalue weighted by molar-refractivity contribution is 7.80. The summed E-state index contributed by atoms with van der Waals surface area (Å²) in [6, 6.07) is 1.99. The molecule has 0 aliphatic heterocycles. The molecule has 0 fully saturated rings. The van der Waals surface area contributed by atoms with Gasteiger partial charge in [-0.3, -0.25) is 5.43 Å². The fraction of sp³-hybridized carbons (Fsp3) is 0.200. The number of thiophene rings is 1.